The molecule has 3 aromatic rings. The smallest absolute Gasteiger partial charge is 0.246 e. The molecule has 1 aliphatic carbocycles. The van der Waals surface area contributed by atoms with Crippen molar-refractivity contribution in [2.24, 2.45) is 5.92 Å². The van der Waals surface area contributed by atoms with Crippen molar-refractivity contribution in [2.45, 2.75) is 62.7 Å². The second kappa shape index (κ2) is 11.3. The average Bonchev–Trinajstić information content (AvgIpc) is 3.25. The Labute approximate surface area is 253 Å². The van der Waals surface area contributed by atoms with Gasteiger partial charge < -0.3 is 18.8 Å². The minimum atomic E-state index is -4.15. The van der Waals surface area contributed by atoms with Gasteiger partial charge in [-0.1, -0.05) is 25.7 Å². The Balaban J connectivity index is 1.65. The number of fused-ring (bicyclic) bond motifs is 1. The number of benzene rings is 1. The van der Waals surface area contributed by atoms with Gasteiger partial charge in [0.25, 0.3) is 0 Å². The van der Waals surface area contributed by atoms with E-state index in [9.17, 15) is 18.5 Å². The lowest BCUT2D eigenvalue weighted by Crippen LogP contribution is -2.52. The van der Waals surface area contributed by atoms with Crippen molar-refractivity contribution in [1.82, 2.24) is 19.7 Å². The standard InChI is InChI=1S/C29H38N6O6SSi/c1-20(18-33-25(36)13-12-21-17-29(21,33)19-30)42(37,38)34(14-16-43(4,5)6)28-32-31-27(24-11-8-15-41-24)35(28)26-22(39-2)9-7-10-23(26)40-3/h7-11,15,20-21H,12-14,16-18H2,1-6H3/t20-,21?,29+/m1/s1. The molecule has 0 bridgehead atoms. The lowest BCUT2D eigenvalue weighted by molar-refractivity contribution is -0.135. The highest BCUT2D eigenvalue weighted by Gasteiger charge is 2.63. The van der Waals surface area contributed by atoms with Crippen LogP contribution < -0.4 is 13.8 Å². The molecule has 43 heavy (non-hydrogen) atoms. The van der Waals surface area contributed by atoms with Crippen LogP contribution in [-0.4, -0.2) is 80.2 Å². The summed E-state index contributed by atoms with van der Waals surface area (Å²) in [6.45, 7) is 8.14. The van der Waals surface area contributed by atoms with Gasteiger partial charge in [0.2, 0.25) is 27.7 Å². The Morgan fingerprint density at radius 1 is 1.19 bits per heavy atom. The van der Waals surface area contributed by atoms with Gasteiger partial charge >= 0.3 is 0 Å². The molecule has 2 aromatic heterocycles. The van der Waals surface area contributed by atoms with Crippen LogP contribution in [0.5, 0.6) is 11.5 Å². The maximum Gasteiger partial charge on any atom is 0.246 e. The zero-order valence-corrected chi connectivity index (χ0v) is 27.2. The summed E-state index contributed by atoms with van der Waals surface area (Å²) in [6, 6.07) is 11.6. The van der Waals surface area contributed by atoms with E-state index in [2.05, 4.69) is 35.9 Å². The minimum absolute atomic E-state index is 0.0450. The van der Waals surface area contributed by atoms with Crippen LogP contribution in [0.25, 0.3) is 17.3 Å². The highest BCUT2D eigenvalue weighted by Crippen LogP contribution is 2.54. The number of hydrogen-bond acceptors (Lipinski definition) is 9. The molecule has 3 heterocycles. The van der Waals surface area contributed by atoms with E-state index in [0.29, 0.717) is 48.3 Å². The molecule has 230 valence electrons. The predicted molar refractivity (Wildman–Crippen MR) is 163 cm³/mol. The summed E-state index contributed by atoms with van der Waals surface area (Å²) in [7, 11) is -2.87. The van der Waals surface area contributed by atoms with Gasteiger partial charge in [-0.05, 0) is 56.0 Å². The number of para-hydroxylation sites is 1. The molecule has 1 unspecified atom stereocenters. The molecule has 1 aliphatic heterocycles. The van der Waals surface area contributed by atoms with Crippen LogP contribution in [0, 0.1) is 17.2 Å². The molecule has 1 aromatic carbocycles. The number of carbonyl (C=O) groups excluding carboxylic acids is 1. The van der Waals surface area contributed by atoms with Gasteiger partial charge in [0.1, 0.15) is 22.7 Å². The number of carbonyl (C=O) groups is 1. The molecule has 2 aliphatic rings. The molecule has 5 rings (SSSR count). The maximum atomic E-state index is 14.6. The van der Waals surface area contributed by atoms with Crippen molar-refractivity contribution in [3.05, 3.63) is 36.6 Å². The van der Waals surface area contributed by atoms with Crippen molar-refractivity contribution < 1.29 is 27.1 Å². The third-order valence-electron chi connectivity index (χ3n) is 8.31. The fourth-order valence-electron chi connectivity index (χ4n) is 5.71. The highest BCUT2D eigenvalue weighted by molar-refractivity contribution is 7.93. The first kappa shape index (κ1) is 30.6. The van der Waals surface area contributed by atoms with Crippen molar-refractivity contribution in [1.29, 1.82) is 5.26 Å². The molecule has 0 radical (unpaired) electrons. The minimum Gasteiger partial charge on any atom is -0.494 e. The Kier molecular flexibility index (Phi) is 8.08. The molecule has 0 N–H and O–H groups in total. The number of piperidine rings is 1. The van der Waals surface area contributed by atoms with Crippen molar-refractivity contribution >= 4 is 30.0 Å². The van der Waals surface area contributed by atoms with E-state index in [1.54, 1.807) is 41.8 Å². The summed E-state index contributed by atoms with van der Waals surface area (Å²) in [5.74, 6) is 1.41. The molecule has 12 nitrogen and oxygen atoms in total. The number of sulfonamides is 1. The number of nitriles is 1. The SMILES string of the molecule is COc1cccc(OC)c1-n1c(-c2ccco2)nnc1N(CC[Si](C)(C)C)S(=O)(=O)[C@H](C)CN1C(=O)CCC2C[C@]21C#N. The molecule has 1 saturated carbocycles. The van der Waals surface area contributed by atoms with Gasteiger partial charge in [-0.25, -0.2) is 12.7 Å². The third-order valence-corrected chi connectivity index (χ3v) is 12.2. The molecular weight excluding hydrogens is 589 g/mol. The molecule has 14 heteroatoms. The Morgan fingerprint density at radius 3 is 2.47 bits per heavy atom. The van der Waals surface area contributed by atoms with Crippen LogP contribution in [0.2, 0.25) is 25.7 Å². The van der Waals surface area contributed by atoms with E-state index in [0.717, 1.165) is 0 Å². The second-order valence-electron chi connectivity index (χ2n) is 12.4. The number of rotatable bonds is 12. The van der Waals surface area contributed by atoms with E-state index in [4.69, 9.17) is 13.9 Å². The largest absolute Gasteiger partial charge is 0.494 e. The first-order valence-electron chi connectivity index (χ1n) is 14.3. The number of likely N-dealkylation sites (tertiary alicyclic amines) is 1. The lowest BCUT2D eigenvalue weighted by Gasteiger charge is -2.35. The number of furan rings is 1. The summed E-state index contributed by atoms with van der Waals surface area (Å²) in [6.07, 6.45) is 3.05. The Bertz CT molecular complexity index is 1620. The van der Waals surface area contributed by atoms with Crippen LogP contribution in [-0.2, 0) is 14.8 Å². The molecule has 1 amide bonds. The van der Waals surface area contributed by atoms with Gasteiger partial charge in [-0.15, -0.1) is 10.2 Å². The van der Waals surface area contributed by atoms with Crippen molar-refractivity contribution in [3.8, 4) is 34.8 Å². The second-order valence-corrected chi connectivity index (χ2v) is 20.3. The normalized spacial score (nSPS) is 20.7. The average molecular weight is 627 g/mol. The summed E-state index contributed by atoms with van der Waals surface area (Å²) in [5.41, 5.74) is -0.505. The van der Waals surface area contributed by atoms with Crippen molar-refractivity contribution in [2.75, 3.05) is 31.6 Å². The summed E-state index contributed by atoms with van der Waals surface area (Å²) < 4.78 is 49.1. The van der Waals surface area contributed by atoms with E-state index < -0.39 is 28.9 Å². The topological polar surface area (TPSA) is 144 Å². The van der Waals surface area contributed by atoms with Crippen LogP contribution in [0.1, 0.15) is 26.2 Å². The fraction of sp³-hybridized carbons (Fsp3) is 0.517. The van der Waals surface area contributed by atoms with Gasteiger partial charge in [-0.3, -0.25) is 9.36 Å². The van der Waals surface area contributed by atoms with Crippen LogP contribution >= 0.6 is 0 Å². The van der Waals surface area contributed by atoms with E-state index in [-0.39, 0.29) is 36.7 Å². The number of ether oxygens (including phenoxy) is 2. The van der Waals surface area contributed by atoms with E-state index in [1.807, 2.05) is 0 Å². The van der Waals surface area contributed by atoms with Crippen molar-refractivity contribution in [3.63, 3.8) is 0 Å². The lowest BCUT2D eigenvalue weighted by atomic mass is 10.0. The number of methoxy groups -OCH3 is 2. The van der Waals surface area contributed by atoms with Crippen LogP contribution in [0.15, 0.2) is 41.0 Å². The number of hydrogen-bond donors (Lipinski definition) is 0. The van der Waals surface area contributed by atoms with Crippen LogP contribution in [0.4, 0.5) is 5.95 Å². The highest BCUT2D eigenvalue weighted by atomic mass is 32.2. The maximum absolute atomic E-state index is 14.6. The molecular formula is C29H38N6O6SSi. The van der Waals surface area contributed by atoms with Gasteiger partial charge in [0, 0.05) is 27.6 Å². The quantitative estimate of drug-likeness (QED) is 0.269. The predicted octanol–water partition coefficient (Wildman–Crippen LogP) is 4.31. The first-order valence-corrected chi connectivity index (χ1v) is 19.5. The molecule has 1 saturated heterocycles. The number of anilines is 1. The zero-order valence-electron chi connectivity index (χ0n) is 25.4. The Hall–Kier alpha value is -3.83. The zero-order chi connectivity index (χ0) is 31.2. The monoisotopic (exact) mass is 626 g/mol. The molecule has 3 atom stereocenters. The first-order chi connectivity index (χ1) is 20.4. The number of amides is 1. The molecule has 2 fully saturated rings. The number of nitrogens with zero attached hydrogens (tertiary/aromatic N) is 6. The van der Waals surface area contributed by atoms with Gasteiger partial charge in [0.15, 0.2) is 5.76 Å². The van der Waals surface area contributed by atoms with E-state index in [1.165, 1.54) is 29.7 Å². The van der Waals surface area contributed by atoms with Gasteiger partial charge in [0.05, 0.1) is 31.8 Å². The van der Waals surface area contributed by atoms with E-state index >= 15 is 0 Å². The summed E-state index contributed by atoms with van der Waals surface area (Å²) in [4.78, 5) is 14.5. The summed E-state index contributed by atoms with van der Waals surface area (Å²) >= 11 is 0. The summed E-state index contributed by atoms with van der Waals surface area (Å²) in [5, 5.41) is 17.8. The molecule has 0 spiro atoms. The van der Waals surface area contributed by atoms with Gasteiger partial charge in [-0.2, -0.15) is 5.26 Å². The van der Waals surface area contributed by atoms with Crippen LogP contribution in [0.3, 0.4) is 0 Å². The fourth-order valence-corrected chi connectivity index (χ4v) is 8.23. The Morgan fingerprint density at radius 2 is 1.88 bits per heavy atom. The number of aromatic nitrogens is 3. The third kappa shape index (κ3) is 5.51.